The van der Waals surface area contributed by atoms with Gasteiger partial charge < -0.3 is 4.74 Å². The summed E-state index contributed by atoms with van der Waals surface area (Å²) in [7, 11) is -1.74. The minimum absolute atomic E-state index is 0.0138. The van der Waals surface area contributed by atoms with Crippen LogP contribution in [0.15, 0.2) is 53.4 Å². The van der Waals surface area contributed by atoms with Crippen LogP contribution in [-0.4, -0.2) is 15.5 Å². The van der Waals surface area contributed by atoms with Crippen LogP contribution in [0.2, 0.25) is 0 Å². The molecule has 3 nitrogen and oxygen atoms in total. The van der Waals surface area contributed by atoms with E-state index in [0.29, 0.717) is 10.6 Å². The summed E-state index contributed by atoms with van der Waals surface area (Å²) < 4.78 is 29.8. The Kier molecular flexibility index (Phi) is 6.43. The third-order valence-corrected chi connectivity index (χ3v) is 4.75. The van der Waals surface area contributed by atoms with Crippen molar-refractivity contribution in [2.45, 2.75) is 31.4 Å². The van der Waals surface area contributed by atoms with Crippen LogP contribution in [0.4, 0.5) is 0 Å². The lowest BCUT2D eigenvalue weighted by atomic mass is 10.1. The first-order valence-corrected chi connectivity index (χ1v) is 8.60. The van der Waals surface area contributed by atoms with Gasteiger partial charge in [-0.25, -0.2) is 8.42 Å². The van der Waals surface area contributed by atoms with Crippen molar-refractivity contribution in [1.29, 1.82) is 0 Å². The lowest BCUT2D eigenvalue weighted by molar-refractivity contribution is 0.411. The zero-order chi connectivity index (χ0) is 15.9. The van der Waals surface area contributed by atoms with Crippen LogP contribution < -0.4 is 4.74 Å². The number of hydrogen-bond donors (Lipinski definition) is 0. The minimum atomic E-state index is -3.32. The predicted octanol–water partition coefficient (Wildman–Crippen LogP) is 4.00. The van der Waals surface area contributed by atoms with Crippen molar-refractivity contribution < 1.29 is 13.2 Å². The van der Waals surface area contributed by atoms with Gasteiger partial charge >= 0.3 is 0 Å². The fourth-order valence-corrected chi connectivity index (χ4v) is 3.41. The van der Waals surface area contributed by atoms with Crippen molar-refractivity contribution >= 4 is 9.84 Å². The molecule has 0 atom stereocenters. The van der Waals surface area contributed by atoms with E-state index >= 15 is 0 Å². The second-order valence-corrected chi connectivity index (χ2v) is 6.31. The average Bonchev–Trinajstić information content (AvgIpc) is 2.52. The number of ether oxygens (including phenoxy) is 1. The molecule has 0 heterocycles. The Morgan fingerprint density at radius 3 is 2.14 bits per heavy atom. The van der Waals surface area contributed by atoms with E-state index in [4.69, 9.17) is 4.74 Å². The molecule has 2 aromatic carbocycles. The molecule has 0 fully saturated rings. The summed E-state index contributed by atoms with van der Waals surface area (Å²) >= 11 is 0. The van der Waals surface area contributed by atoms with Gasteiger partial charge in [-0.05, 0) is 36.2 Å². The van der Waals surface area contributed by atoms with E-state index in [-0.39, 0.29) is 5.75 Å². The smallest absolute Gasteiger partial charge is 0.182 e. The number of rotatable bonds is 4. The Hall–Kier alpha value is -1.81. The maximum absolute atomic E-state index is 12.3. The monoisotopic (exact) mass is 306 g/mol. The fraction of sp³-hybridized carbons (Fsp3) is 0.294. The molecule has 0 unspecified atom stereocenters. The van der Waals surface area contributed by atoms with Gasteiger partial charge in [-0.15, -0.1) is 0 Å². The summed E-state index contributed by atoms with van der Waals surface area (Å²) in [5.41, 5.74) is 1.63. The van der Waals surface area contributed by atoms with E-state index in [1.165, 1.54) is 0 Å². The van der Waals surface area contributed by atoms with Crippen molar-refractivity contribution in [3.63, 3.8) is 0 Å². The molecule has 0 aliphatic rings. The zero-order valence-corrected chi connectivity index (χ0v) is 13.8. The lowest BCUT2D eigenvalue weighted by Crippen LogP contribution is -2.06. The number of methoxy groups -OCH3 is 1. The topological polar surface area (TPSA) is 43.4 Å². The molecular formula is C17H22O3S. The summed E-state index contributed by atoms with van der Waals surface area (Å²) in [6, 6.07) is 13.9. The van der Waals surface area contributed by atoms with Crippen LogP contribution in [-0.2, 0) is 15.6 Å². The van der Waals surface area contributed by atoms with Gasteiger partial charge in [0, 0.05) is 0 Å². The maximum atomic E-state index is 12.3. The van der Waals surface area contributed by atoms with Gasteiger partial charge in [0.2, 0.25) is 0 Å². The summed E-state index contributed by atoms with van der Waals surface area (Å²) in [5.74, 6) is 0.695. The highest BCUT2D eigenvalue weighted by Gasteiger charge is 2.17. The Morgan fingerprint density at radius 1 is 0.952 bits per heavy atom. The molecule has 2 aromatic rings. The first kappa shape index (κ1) is 17.2. The number of sulfone groups is 1. The second kappa shape index (κ2) is 7.84. The number of benzene rings is 2. The third-order valence-electron chi connectivity index (χ3n) is 3.06. The highest BCUT2D eigenvalue weighted by molar-refractivity contribution is 7.90. The van der Waals surface area contributed by atoms with E-state index < -0.39 is 9.84 Å². The molecule has 21 heavy (non-hydrogen) atoms. The van der Waals surface area contributed by atoms with Crippen molar-refractivity contribution in [3.8, 4) is 5.75 Å². The second-order valence-electron chi connectivity index (χ2n) is 4.32. The predicted molar refractivity (Wildman–Crippen MR) is 86.4 cm³/mol. The summed E-state index contributed by atoms with van der Waals surface area (Å²) in [6.45, 7) is 5.87. The largest absolute Gasteiger partial charge is 0.496 e. The summed E-state index contributed by atoms with van der Waals surface area (Å²) in [6.07, 6.45) is 0. The molecule has 0 N–H and O–H groups in total. The van der Waals surface area contributed by atoms with Crippen LogP contribution >= 0.6 is 0 Å². The molecule has 0 radical (unpaired) electrons. The van der Waals surface area contributed by atoms with E-state index in [1.54, 1.807) is 37.4 Å². The van der Waals surface area contributed by atoms with E-state index in [0.717, 1.165) is 11.1 Å². The average molecular weight is 306 g/mol. The van der Waals surface area contributed by atoms with Crippen LogP contribution in [0.3, 0.4) is 0 Å². The first-order chi connectivity index (χ1) is 10.0. The molecule has 0 spiro atoms. The minimum Gasteiger partial charge on any atom is -0.496 e. The quantitative estimate of drug-likeness (QED) is 0.857. The van der Waals surface area contributed by atoms with Crippen molar-refractivity contribution in [2.75, 3.05) is 7.11 Å². The Morgan fingerprint density at radius 2 is 1.57 bits per heavy atom. The van der Waals surface area contributed by atoms with E-state index in [1.807, 2.05) is 39.0 Å². The molecule has 0 aliphatic heterocycles. The molecule has 4 heteroatoms. The molecule has 2 rings (SSSR count). The van der Waals surface area contributed by atoms with Crippen molar-refractivity contribution in [2.24, 2.45) is 0 Å². The van der Waals surface area contributed by atoms with E-state index in [9.17, 15) is 8.42 Å². The summed E-state index contributed by atoms with van der Waals surface area (Å²) in [4.78, 5) is 0.345. The Labute approximate surface area is 127 Å². The molecule has 0 saturated heterocycles. The van der Waals surface area contributed by atoms with Crippen molar-refractivity contribution in [3.05, 3.63) is 59.7 Å². The molecule has 0 aromatic heterocycles. The Balaban J connectivity index is 0.00000106. The van der Waals surface area contributed by atoms with Gasteiger partial charge in [0.1, 0.15) is 5.75 Å². The van der Waals surface area contributed by atoms with Gasteiger partial charge in [0.25, 0.3) is 0 Å². The highest BCUT2D eigenvalue weighted by Crippen LogP contribution is 2.24. The Bertz CT molecular complexity index is 662. The normalized spacial score (nSPS) is 10.5. The van der Waals surface area contributed by atoms with Crippen LogP contribution in [0.5, 0.6) is 5.75 Å². The van der Waals surface area contributed by atoms with E-state index in [2.05, 4.69) is 0 Å². The fourth-order valence-electron chi connectivity index (χ4n) is 1.95. The molecular weight excluding hydrogens is 284 g/mol. The maximum Gasteiger partial charge on any atom is 0.182 e. The molecule has 114 valence electrons. The van der Waals surface area contributed by atoms with Crippen LogP contribution in [0.1, 0.15) is 25.0 Å². The first-order valence-electron chi connectivity index (χ1n) is 6.95. The zero-order valence-electron chi connectivity index (χ0n) is 13.0. The SMILES string of the molecule is CC.COc1cccc(CS(=O)(=O)c2ccccc2)c1C. The number of hydrogen-bond acceptors (Lipinski definition) is 3. The van der Waals surface area contributed by atoms with Gasteiger partial charge in [0.05, 0.1) is 17.8 Å². The lowest BCUT2D eigenvalue weighted by Gasteiger charge is -2.10. The third kappa shape index (κ3) is 4.33. The standard InChI is InChI=1S/C15H16O3S.C2H6/c1-12-13(7-6-10-15(12)18-2)11-19(16,17)14-8-4-3-5-9-14;1-2/h3-10H,11H2,1-2H3;1-2H3. The van der Waals surface area contributed by atoms with Gasteiger partial charge in [0.15, 0.2) is 9.84 Å². The molecule has 0 amide bonds. The van der Waals surface area contributed by atoms with Gasteiger partial charge in [-0.3, -0.25) is 0 Å². The van der Waals surface area contributed by atoms with Gasteiger partial charge in [-0.2, -0.15) is 0 Å². The highest BCUT2D eigenvalue weighted by atomic mass is 32.2. The van der Waals surface area contributed by atoms with Crippen LogP contribution in [0.25, 0.3) is 0 Å². The summed E-state index contributed by atoms with van der Waals surface area (Å²) in [5, 5.41) is 0. The molecule has 0 bridgehead atoms. The van der Waals surface area contributed by atoms with Crippen LogP contribution in [0, 0.1) is 6.92 Å². The molecule has 0 aliphatic carbocycles. The molecule has 0 saturated carbocycles. The van der Waals surface area contributed by atoms with Crippen molar-refractivity contribution in [1.82, 2.24) is 0 Å². The van der Waals surface area contributed by atoms with Gasteiger partial charge in [-0.1, -0.05) is 44.2 Å².